The molecule has 17 heavy (non-hydrogen) atoms. The van der Waals surface area contributed by atoms with E-state index in [1.165, 1.54) is 17.4 Å². The van der Waals surface area contributed by atoms with E-state index in [-0.39, 0.29) is 0 Å². The van der Waals surface area contributed by atoms with Crippen LogP contribution in [0.5, 0.6) is 0 Å². The largest absolute Gasteiger partial charge is 0.417 e. The summed E-state index contributed by atoms with van der Waals surface area (Å²) in [6, 6.07) is 10.4. The number of hydrogen-bond donors (Lipinski definition) is 0. The molecule has 0 nitrogen and oxygen atoms in total. The highest BCUT2D eigenvalue weighted by Crippen LogP contribution is 2.40. The molecule has 0 saturated carbocycles. The van der Waals surface area contributed by atoms with Gasteiger partial charge in [-0.25, -0.2) is 0 Å². The van der Waals surface area contributed by atoms with E-state index >= 15 is 0 Å². The van der Waals surface area contributed by atoms with Crippen LogP contribution in [0.2, 0.25) is 0 Å². The molecule has 0 atom stereocenters. The van der Waals surface area contributed by atoms with E-state index in [2.05, 4.69) is 0 Å². The van der Waals surface area contributed by atoms with Crippen LogP contribution >= 0.6 is 11.3 Å². The first-order valence-electron chi connectivity index (χ1n) is 5.27. The summed E-state index contributed by atoms with van der Waals surface area (Å²) in [5, 5.41) is 0. The smallest absolute Gasteiger partial charge is 0.166 e. The fourth-order valence-electron chi connectivity index (χ4n) is 1.68. The van der Waals surface area contributed by atoms with Crippen molar-refractivity contribution in [1.29, 1.82) is 0 Å². The molecule has 4 heteroatoms. The molecule has 2 rings (SSSR count). The minimum absolute atomic E-state index is 0.399. The molecule has 1 aromatic carbocycles. The Morgan fingerprint density at radius 3 is 2.24 bits per heavy atom. The molecule has 0 bridgehead atoms. The van der Waals surface area contributed by atoms with Crippen molar-refractivity contribution >= 4 is 11.3 Å². The third-order valence-electron chi connectivity index (χ3n) is 2.49. The Labute approximate surface area is 102 Å². The number of rotatable bonds is 2. The number of aryl methyl sites for hydroxylation is 1. The Hall–Kier alpha value is -1.29. The maximum absolute atomic E-state index is 12.8. The van der Waals surface area contributed by atoms with E-state index in [0.29, 0.717) is 16.2 Å². The lowest BCUT2D eigenvalue weighted by molar-refractivity contribution is -0.137. The minimum atomic E-state index is -4.26. The van der Waals surface area contributed by atoms with Crippen molar-refractivity contribution in [3.63, 3.8) is 0 Å². The highest BCUT2D eigenvalue weighted by Gasteiger charge is 2.34. The third kappa shape index (κ3) is 2.52. The van der Waals surface area contributed by atoms with Crippen LogP contribution in [0.1, 0.15) is 17.4 Å². The molecule has 0 amide bonds. The Morgan fingerprint density at radius 2 is 1.76 bits per heavy atom. The number of thiophene rings is 1. The van der Waals surface area contributed by atoms with Crippen molar-refractivity contribution in [2.24, 2.45) is 0 Å². The summed E-state index contributed by atoms with van der Waals surface area (Å²) >= 11 is 1.22. The number of hydrogen-bond acceptors (Lipinski definition) is 1. The van der Waals surface area contributed by atoms with E-state index in [0.717, 1.165) is 5.56 Å². The molecule has 2 aromatic rings. The van der Waals surface area contributed by atoms with E-state index in [1.807, 2.05) is 30.3 Å². The zero-order valence-electron chi connectivity index (χ0n) is 9.21. The van der Waals surface area contributed by atoms with Gasteiger partial charge in [-0.3, -0.25) is 0 Å². The second kappa shape index (κ2) is 4.53. The van der Waals surface area contributed by atoms with Crippen LogP contribution in [-0.4, -0.2) is 0 Å². The summed E-state index contributed by atoms with van der Waals surface area (Å²) in [4.78, 5) is 1.08. The monoisotopic (exact) mass is 256 g/mol. The molecule has 0 radical (unpaired) electrons. The van der Waals surface area contributed by atoms with Crippen LogP contribution in [0.4, 0.5) is 13.2 Å². The SMILES string of the molecule is CCc1sc(-c2ccccc2)cc1C(F)(F)F. The lowest BCUT2D eigenvalue weighted by Crippen LogP contribution is -2.05. The summed E-state index contributed by atoms with van der Waals surface area (Å²) in [6.07, 6.45) is -3.85. The van der Waals surface area contributed by atoms with Crippen LogP contribution in [0.15, 0.2) is 36.4 Å². The predicted octanol–water partition coefficient (Wildman–Crippen LogP) is 5.00. The fraction of sp³-hybridized carbons (Fsp3) is 0.231. The first kappa shape index (κ1) is 12.2. The van der Waals surface area contributed by atoms with Crippen LogP contribution in [0.25, 0.3) is 10.4 Å². The molecular formula is C13H11F3S. The van der Waals surface area contributed by atoms with Crippen LogP contribution < -0.4 is 0 Å². The van der Waals surface area contributed by atoms with Gasteiger partial charge in [0, 0.05) is 9.75 Å². The fourth-order valence-corrected chi connectivity index (χ4v) is 2.80. The van der Waals surface area contributed by atoms with E-state index in [4.69, 9.17) is 0 Å². The van der Waals surface area contributed by atoms with Gasteiger partial charge in [0.2, 0.25) is 0 Å². The van der Waals surface area contributed by atoms with Gasteiger partial charge in [0.25, 0.3) is 0 Å². The number of benzene rings is 1. The second-order valence-electron chi connectivity index (χ2n) is 3.66. The van der Waals surface area contributed by atoms with Gasteiger partial charge in [0.1, 0.15) is 0 Å². The molecule has 1 aromatic heterocycles. The highest BCUT2D eigenvalue weighted by molar-refractivity contribution is 7.15. The first-order chi connectivity index (χ1) is 8.02. The quantitative estimate of drug-likeness (QED) is 0.709. The van der Waals surface area contributed by atoms with Crippen molar-refractivity contribution in [2.45, 2.75) is 19.5 Å². The van der Waals surface area contributed by atoms with Crippen LogP contribution in [0, 0.1) is 0 Å². The van der Waals surface area contributed by atoms with Crippen molar-refractivity contribution < 1.29 is 13.2 Å². The Kier molecular flexibility index (Phi) is 3.24. The minimum Gasteiger partial charge on any atom is -0.166 e. The molecule has 0 N–H and O–H groups in total. The van der Waals surface area contributed by atoms with Crippen LogP contribution in [-0.2, 0) is 12.6 Å². The molecule has 0 unspecified atom stereocenters. The molecule has 0 aliphatic heterocycles. The number of halogens is 3. The lowest BCUT2D eigenvalue weighted by atomic mass is 10.1. The van der Waals surface area contributed by atoms with Crippen LogP contribution in [0.3, 0.4) is 0 Å². The molecule has 0 fully saturated rings. The molecule has 0 saturated heterocycles. The topological polar surface area (TPSA) is 0 Å². The van der Waals surface area contributed by atoms with Gasteiger partial charge in [-0.05, 0) is 18.1 Å². The Balaban J connectivity index is 2.49. The van der Waals surface area contributed by atoms with E-state index < -0.39 is 11.7 Å². The molecule has 0 aliphatic carbocycles. The van der Waals surface area contributed by atoms with Gasteiger partial charge in [-0.1, -0.05) is 37.3 Å². The highest BCUT2D eigenvalue weighted by atomic mass is 32.1. The number of alkyl halides is 3. The Bertz CT molecular complexity index is 497. The zero-order chi connectivity index (χ0) is 12.5. The summed E-state index contributed by atoms with van der Waals surface area (Å²) < 4.78 is 38.3. The zero-order valence-corrected chi connectivity index (χ0v) is 10.0. The maximum atomic E-state index is 12.8. The van der Waals surface area contributed by atoms with Gasteiger partial charge < -0.3 is 0 Å². The average Bonchev–Trinajstić information content (AvgIpc) is 2.74. The van der Waals surface area contributed by atoms with Crippen molar-refractivity contribution in [3.05, 3.63) is 46.8 Å². The molecule has 90 valence electrons. The second-order valence-corrected chi connectivity index (χ2v) is 4.80. The lowest BCUT2D eigenvalue weighted by Gasteiger charge is -2.05. The van der Waals surface area contributed by atoms with E-state index in [1.54, 1.807) is 6.92 Å². The van der Waals surface area contributed by atoms with Gasteiger partial charge in [0.15, 0.2) is 0 Å². The van der Waals surface area contributed by atoms with Gasteiger partial charge in [-0.15, -0.1) is 11.3 Å². The van der Waals surface area contributed by atoms with Gasteiger partial charge in [0.05, 0.1) is 5.56 Å². The Morgan fingerprint density at radius 1 is 1.12 bits per heavy atom. The predicted molar refractivity (Wildman–Crippen MR) is 64.1 cm³/mol. The van der Waals surface area contributed by atoms with E-state index in [9.17, 15) is 13.2 Å². The van der Waals surface area contributed by atoms with Crippen molar-refractivity contribution in [1.82, 2.24) is 0 Å². The third-order valence-corrected chi connectivity index (χ3v) is 3.82. The van der Waals surface area contributed by atoms with Crippen molar-refractivity contribution in [2.75, 3.05) is 0 Å². The average molecular weight is 256 g/mol. The molecule has 1 heterocycles. The van der Waals surface area contributed by atoms with Gasteiger partial charge in [-0.2, -0.15) is 13.2 Å². The normalized spacial score (nSPS) is 11.8. The summed E-state index contributed by atoms with van der Waals surface area (Å²) in [6.45, 7) is 1.75. The molecule has 0 aliphatic rings. The maximum Gasteiger partial charge on any atom is 0.417 e. The summed E-state index contributed by atoms with van der Waals surface area (Å²) in [5.41, 5.74) is 0.339. The standard InChI is InChI=1S/C13H11F3S/c1-2-11-10(13(14,15)16)8-12(17-11)9-6-4-3-5-7-9/h3-8H,2H2,1H3. The first-order valence-corrected chi connectivity index (χ1v) is 6.09. The molecule has 0 spiro atoms. The van der Waals surface area contributed by atoms with Crippen molar-refractivity contribution in [3.8, 4) is 10.4 Å². The summed E-state index contributed by atoms with van der Waals surface area (Å²) in [5.74, 6) is 0. The van der Waals surface area contributed by atoms with Gasteiger partial charge >= 0.3 is 6.18 Å². The summed E-state index contributed by atoms with van der Waals surface area (Å²) in [7, 11) is 0. The molecular weight excluding hydrogens is 245 g/mol.